The molecule has 0 aliphatic heterocycles. The molecule has 1 amide bonds. The van der Waals surface area contributed by atoms with Crippen molar-refractivity contribution >= 4 is 17.3 Å². The monoisotopic (exact) mass is 325 g/mol. The molecule has 0 saturated carbocycles. The molecule has 1 N–H and O–H groups in total. The van der Waals surface area contributed by atoms with Gasteiger partial charge in [0.05, 0.1) is 17.4 Å². The van der Waals surface area contributed by atoms with Gasteiger partial charge in [0, 0.05) is 17.3 Å². The van der Waals surface area contributed by atoms with E-state index in [-0.39, 0.29) is 18.2 Å². The number of nitro groups is 1. The van der Waals surface area contributed by atoms with Crippen molar-refractivity contribution in [2.24, 2.45) is 0 Å². The summed E-state index contributed by atoms with van der Waals surface area (Å²) in [5.74, 6) is 0.0386. The number of hydrogen-bond acceptors (Lipinski definition) is 5. The molecule has 0 aromatic heterocycles. The predicted octanol–water partition coefficient (Wildman–Crippen LogP) is 2.99. The van der Waals surface area contributed by atoms with Gasteiger partial charge in [-0.05, 0) is 36.8 Å². The third-order valence-electron chi connectivity index (χ3n) is 3.26. The average molecular weight is 325 g/mol. The number of anilines is 1. The number of hydrogen-bond donors (Lipinski definition) is 1. The lowest BCUT2D eigenvalue weighted by molar-refractivity contribution is -0.385. The van der Waals surface area contributed by atoms with Gasteiger partial charge in [-0.3, -0.25) is 14.9 Å². The fraction of sp³-hybridized carbons (Fsp3) is 0.176. The number of carbonyl (C=O) groups excluding carboxylic acids is 1. The second-order valence-corrected chi connectivity index (χ2v) is 5.07. The number of benzene rings is 2. The van der Waals surface area contributed by atoms with Crippen LogP contribution in [0, 0.1) is 28.4 Å². The Kier molecular flexibility index (Phi) is 5.47. The number of nitro benzene ring substituents is 1. The molecule has 7 heteroatoms. The van der Waals surface area contributed by atoms with Crippen molar-refractivity contribution in [2.75, 3.05) is 11.9 Å². The van der Waals surface area contributed by atoms with Gasteiger partial charge in [0.15, 0.2) is 6.61 Å². The van der Waals surface area contributed by atoms with E-state index in [1.54, 1.807) is 31.2 Å². The minimum atomic E-state index is -0.470. The molecule has 24 heavy (non-hydrogen) atoms. The van der Waals surface area contributed by atoms with Crippen LogP contribution in [-0.2, 0) is 11.2 Å². The number of nitriles is 1. The minimum absolute atomic E-state index is 0.00394. The topological polar surface area (TPSA) is 105 Å². The molecule has 7 nitrogen and oxygen atoms in total. The first-order valence-electron chi connectivity index (χ1n) is 7.13. The largest absolute Gasteiger partial charge is 0.484 e. The van der Waals surface area contributed by atoms with E-state index in [4.69, 9.17) is 10.00 Å². The molecular weight excluding hydrogens is 310 g/mol. The Morgan fingerprint density at radius 2 is 2.00 bits per heavy atom. The molecule has 0 atom stereocenters. The van der Waals surface area contributed by atoms with Gasteiger partial charge in [-0.2, -0.15) is 5.26 Å². The summed E-state index contributed by atoms with van der Waals surface area (Å²) in [6.45, 7) is 1.39. The highest BCUT2D eigenvalue weighted by atomic mass is 16.6. The zero-order valence-electron chi connectivity index (χ0n) is 13.0. The fourth-order valence-electron chi connectivity index (χ4n) is 2.07. The Morgan fingerprint density at radius 3 is 2.58 bits per heavy atom. The maximum atomic E-state index is 11.9. The van der Waals surface area contributed by atoms with E-state index < -0.39 is 4.92 Å². The third kappa shape index (κ3) is 4.55. The van der Waals surface area contributed by atoms with Crippen molar-refractivity contribution in [3.05, 3.63) is 63.7 Å². The van der Waals surface area contributed by atoms with Crippen LogP contribution < -0.4 is 10.1 Å². The SMILES string of the molecule is Cc1cc(OCC(=O)Nc2ccc(CC#N)cc2)ccc1[N+](=O)[O-]. The lowest BCUT2D eigenvalue weighted by Crippen LogP contribution is -2.20. The zero-order chi connectivity index (χ0) is 17.5. The van der Waals surface area contributed by atoms with Crippen LogP contribution in [0.25, 0.3) is 0 Å². The van der Waals surface area contributed by atoms with E-state index in [2.05, 4.69) is 5.32 Å². The van der Waals surface area contributed by atoms with E-state index >= 15 is 0 Å². The molecule has 0 heterocycles. The Bertz CT molecular complexity index is 794. The normalized spacial score (nSPS) is 9.83. The zero-order valence-corrected chi connectivity index (χ0v) is 13.0. The molecule has 0 aliphatic rings. The Morgan fingerprint density at radius 1 is 1.29 bits per heavy atom. The van der Waals surface area contributed by atoms with Crippen LogP contribution in [0.3, 0.4) is 0 Å². The maximum Gasteiger partial charge on any atom is 0.272 e. The number of carbonyl (C=O) groups is 1. The molecule has 0 fully saturated rings. The highest BCUT2D eigenvalue weighted by molar-refractivity contribution is 5.91. The van der Waals surface area contributed by atoms with Gasteiger partial charge in [0.1, 0.15) is 5.75 Å². The predicted molar refractivity (Wildman–Crippen MR) is 87.7 cm³/mol. The second kappa shape index (κ2) is 7.74. The van der Waals surface area contributed by atoms with Crippen molar-refractivity contribution in [3.8, 4) is 11.8 Å². The molecule has 0 spiro atoms. The highest BCUT2D eigenvalue weighted by Gasteiger charge is 2.11. The standard InChI is InChI=1S/C17H15N3O4/c1-12-10-15(6-7-16(12)20(22)23)24-11-17(21)19-14-4-2-13(3-5-14)8-9-18/h2-7,10H,8,11H2,1H3,(H,19,21). The molecule has 0 saturated heterocycles. The van der Waals surface area contributed by atoms with Gasteiger partial charge in [0.2, 0.25) is 0 Å². The van der Waals surface area contributed by atoms with Crippen LogP contribution in [0.15, 0.2) is 42.5 Å². The first-order chi connectivity index (χ1) is 11.5. The third-order valence-corrected chi connectivity index (χ3v) is 3.26. The average Bonchev–Trinajstić information content (AvgIpc) is 2.55. The van der Waals surface area contributed by atoms with Crippen molar-refractivity contribution in [1.29, 1.82) is 5.26 Å². The Balaban J connectivity index is 1.90. The summed E-state index contributed by atoms with van der Waals surface area (Å²) in [5, 5.41) is 22.0. The van der Waals surface area contributed by atoms with Crippen LogP contribution >= 0.6 is 0 Å². The molecule has 2 rings (SSSR count). The molecule has 122 valence electrons. The quantitative estimate of drug-likeness (QED) is 0.649. The Hall–Kier alpha value is -3.40. The number of rotatable bonds is 6. The van der Waals surface area contributed by atoms with E-state index in [1.165, 1.54) is 18.2 Å². The van der Waals surface area contributed by atoms with Gasteiger partial charge >= 0.3 is 0 Å². The summed E-state index contributed by atoms with van der Waals surface area (Å²) < 4.78 is 5.34. The summed E-state index contributed by atoms with van der Waals surface area (Å²) in [6.07, 6.45) is 0.316. The number of nitrogens with one attached hydrogen (secondary N) is 1. The van der Waals surface area contributed by atoms with E-state index in [9.17, 15) is 14.9 Å². The highest BCUT2D eigenvalue weighted by Crippen LogP contribution is 2.23. The van der Waals surface area contributed by atoms with Crippen LogP contribution in [-0.4, -0.2) is 17.4 Å². The van der Waals surface area contributed by atoms with Gasteiger partial charge in [-0.25, -0.2) is 0 Å². The van der Waals surface area contributed by atoms with Crippen LogP contribution in [0.4, 0.5) is 11.4 Å². The van der Waals surface area contributed by atoms with Gasteiger partial charge in [-0.1, -0.05) is 12.1 Å². The van der Waals surface area contributed by atoms with Crippen molar-refractivity contribution < 1.29 is 14.5 Å². The number of nitrogens with zero attached hydrogens (tertiary/aromatic N) is 2. The summed E-state index contributed by atoms with van der Waals surface area (Å²) in [6, 6.07) is 13.3. The van der Waals surface area contributed by atoms with Gasteiger partial charge in [-0.15, -0.1) is 0 Å². The van der Waals surface area contributed by atoms with Crippen molar-refractivity contribution in [2.45, 2.75) is 13.3 Å². The maximum absolute atomic E-state index is 11.9. The first kappa shape index (κ1) is 17.0. The van der Waals surface area contributed by atoms with E-state index in [0.29, 0.717) is 23.4 Å². The molecule has 0 aliphatic carbocycles. The summed E-state index contributed by atoms with van der Waals surface area (Å²) >= 11 is 0. The second-order valence-electron chi connectivity index (χ2n) is 5.07. The Labute approximate surface area is 138 Å². The number of aryl methyl sites for hydroxylation is 1. The molecular formula is C17H15N3O4. The van der Waals surface area contributed by atoms with Crippen LogP contribution in [0.1, 0.15) is 11.1 Å². The summed E-state index contributed by atoms with van der Waals surface area (Å²) in [4.78, 5) is 22.1. The van der Waals surface area contributed by atoms with Crippen LogP contribution in [0.2, 0.25) is 0 Å². The first-order valence-corrected chi connectivity index (χ1v) is 7.13. The lowest BCUT2D eigenvalue weighted by Gasteiger charge is -2.08. The van der Waals surface area contributed by atoms with E-state index in [1.807, 2.05) is 6.07 Å². The molecule has 0 bridgehead atoms. The summed E-state index contributed by atoms with van der Waals surface area (Å²) in [7, 11) is 0. The molecule has 0 radical (unpaired) electrons. The summed E-state index contributed by atoms with van der Waals surface area (Å²) in [5.41, 5.74) is 1.94. The molecule has 2 aromatic rings. The smallest absolute Gasteiger partial charge is 0.272 e. The van der Waals surface area contributed by atoms with Crippen LogP contribution in [0.5, 0.6) is 5.75 Å². The van der Waals surface area contributed by atoms with Gasteiger partial charge < -0.3 is 10.1 Å². The number of amides is 1. The van der Waals surface area contributed by atoms with Crippen molar-refractivity contribution in [1.82, 2.24) is 0 Å². The van der Waals surface area contributed by atoms with E-state index in [0.717, 1.165) is 5.56 Å². The lowest BCUT2D eigenvalue weighted by atomic mass is 10.1. The van der Waals surface area contributed by atoms with Gasteiger partial charge in [0.25, 0.3) is 11.6 Å². The molecule has 2 aromatic carbocycles. The minimum Gasteiger partial charge on any atom is -0.484 e. The number of ether oxygens (including phenoxy) is 1. The van der Waals surface area contributed by atoms with Crippen molar-refractivity contribution in [3.63, 3.8) is 0 Å². The molecule has 0 unspecified atom stereocenters. The fourth-order valence-corrected chi connectivity index (χ4v) is 2.07.